The van der Waals surface area contributed by atoms with E-state index in [4.69, 9.17) is 0 Å². The number of nitrogens with zero attached hydrogens (tertiary/aromatic N) is 2. The zero-order valence-electron chi connectivity index (χ0n) is 15.0. The van der Waals surface area contributed by atoms with E-state index in [-0.39, 0.29) is 11.8 Å². The van der Waals surface area contributed by atoms with E-state index in [1.165, 1.54) is 21.1 Å². The van der Waals surface area contributed by atoms with Crippen LogP contribution >= 0.6 is 11.3 Å². The third-order valence-electron chi connectivity index (χ3n) is 4.74. The molecule has 0 spiro atoms. The SMILES string of the molecule is Cc1ccc(/C=C/S(=O)(=O)N2CCc3nc(NC(=O)C4CC4)sc3C2)cc1. The maximum atomic E-state index is 12.7. The van der Waals surface area contributed by atoms with Gasteiger partial charge in [-0.2, -0.15) is 4.31 Å². The van der Waals surface area contributed by atoms with E-state index >= 15 is 0 Å². The first kappa shape index (κ1) is 18.3. The number of sulfonamides is 1. The molecule has 2 aromatic rings. The van der Waals surface area contributed by atoms with Gasteiger partial charge in [-0.05, 0) is 31.4 Å². The van der Waals surface area contributed by atoms with Gasteiger partial charge in [0.15, 0.2) is 5.13 Å². The van der Waals surface area contributed by atoms with Crippen molar-refractivity contribution in [1.29, 1.82) is 0 Å². The predicted molar refractivity (Wildman–Crippen MR) is 107 cm³/mol. The Balaban J connectivity index is 1.45. The van der Waals surface area contributed by atoms with Crippen molar-refractivity contribution in [3.8, 4) is 0 Å². The minimum atomic E-state index is -3.51. The highest BCUT2D eigenvalue weighted by Crippen LogP contribution is 2.33. The average molecular weight is 404 g/mol. The summed E-state index contributed by atoms with van der Waals surface area (Å²) in [6.07, 6.45) is 4.06. The van der Waals surface area contributed by atoms with Crippen molar-refractivity contribution in [2.45, 2.75) is 32.7 Å². The molecule has 142 valence electrons. The number of hydrogen-bond acceptors (Lipinski definition) is 5. The number of hydrogen-bond donors (Lipinski definition) is 1. The molecule has 6 nitrogen and oxygen atoms in total. The summed E-state index contributed by atoms with van der Waals surface area (Å²) in [6, 6.07) is 7.70. The van der Waals surface area contributed by atoms with Crippen LogP contribution in [-0.2, 0) is 27.8 Å². The molecule has 0 radical (unpaired) electrons. The maximum absolute atomic E-state index is 12.7. The average Bonchev–Trinajstić information content (AvgIpc) is 3.41. The topological polar surface area (TPSA) is 79.4 Å². The molecule has 1 aliphatic carbocycles. The lowest BCUT2D eigenvalue weighted by atomic mass is 10.2. The van der Waals surface area contributed by atoms with Gasteiger partial charge in [-0.1, -0.05) is 29.8 Å². The molecule has 1 fully saturated rings. The van der Waals surface area contributed by atoms with Gasteiger partial charge in [0.05, 0.1) is 12.2 Å². The fraction of sp³-hybridized carbons (Fsp3) is 0.368. The predicted octanol–water partition coefficient (Wildman–Crippen LogP) is 3.16. The molecule has 1 aliphatic heterocycles. The van der Waals surface area contributed by atoms with Gasteiger partial charge in [0, 0.05) is 29.2 Å². The summed E-state index contributed by atoms with van der Waals surface area (Å²) >= 11 is 1.37. The van der Waals surface area contributed by atoms with Crippen molar-refractivity contribution in [3.05, 3.63) is 51.4 Å². The van der Waals surface area contributed by atoms with Crippen molar-refractivity contribution in [2.24, 2.45) is 5.92 Å². The lowest BCUT2D eigenvalue weighted by molar-refractivity contribution is -0.117. The monoisotopic (exact) mass is 403 g/mol. The van der Waals surface area contributed by atoms with Gasteiger partial charge >= 0.3 is 0 Å². The lowest BCUT2D eigenvalue weighted by Crippen LogP contribution is -2.34. The third kappa shape index (κ3) is 4.28. The molecule has 2 heterocycles. The fourth-order valence-corrected chi connectivity index (χ4v) is 5.19. The maximum Gasteiger partial charge on any atom is 0.236 e. The zero-order chi connectivity index (χ0) is 19.0. The van der Waals surface area contributed by atoms with Gasteiger partial charge < -0.3 is 5.32 Å². The smallest absolute Gasteiger partial charge is 0.236 e. The molecule has 0 bridgehead atoms. The Labute approximate surface area is 163 Å². The number of carbonyl (C=O) groups excluding carboxylic acids is 1. The van der Waals surface area contributed by atoms with Gasteiger partial charge in [0.1, 0.15) is 0 Å². The van der Waals surface area contributed by atoms with E-state index in [0.29, 0.717) is 24.6 Å². The second kappa shape index (κ2) is 7.18. The standard InChI is InChI=1S/C19H21N3O3S2/c1-13-2-4-14(5-3-13)9-11-27(24,25)22-10-8-16-17(12-22)26-19(20-16)21-18(23)15-6-7-15/h2-5,9,11,15H,6-8,10,12H2,1H3,(H,20,21,23)/b11-9+. The Kier molecular flexibility index (Phi) is 4.88. The molecule has 0 saturated heterocycles. The van der Waals surface area contributed by atoms with E-state index in [0.717, 1.165) is 34.5 Å². The highest BCUT2D eigenvalue weighted by molar-refractivity contribution is 7.92. The van der Waals surface area contributed by atoms with Crippen LogP contribution in [0.1, 0.15) is 34.5 Å². The number of rotatable bonds is 5. The van der Waals surface area contributed by atoms with E-state index in [1.54, 1.807) is 6.08 Å². The van der Waals surface area contributed by atoms with E-state index in [1.807, 2.05) is 31.2 Å². The first-order valence-corrected chi connectivity index (χ1v) is 11.3. The highest BCUT2D eigenvalue weighted by atomic mass is 32.2. The van der Waals surface area contributed by atoms with Crippen LogP contribution in [0.2, 0.25) is 0 Å². The minimum Gasteiger partial charge on any atom is -0.302 e. The van der Waals surface area contributed by atoms with Crippen LogP contribution in [0.25, 0.3) is 6.08 Å². The summed E-state index contributed by atoms with van der Waals surface area (Å²) in [7, 11) is -3.51. The largest absolute Gasteiger partial charge is 0.302 e. The van der Waals surface area contributed by atoms with Gasteiger partial charge in [-0.25, -0.2) is 13.4 Å². The Bertz CT molecular complexity index is 990. The number of carbonyl (C=O) groups is 1. The summed E-state index contributed by atoms with van der Waals surface area (Å²) in [6.45, 7) is 2.69. The number of anilines is 1. The summed E-state index contributed by atoms with van der Waals surface area (Å²) in [5, 5.41) is 4.69. The number of fused-ring (bicyclic) bond motifs is 1. The van der Waals surface area contributed by atoms with Crippen molar-refractivity contribution in [3.63, 3.8) is 0 Å². The van der Waals surface area contributed by atoms with Crippen LogP contribution in [0.4, 0.5) is 5.13 Å². The molecule has 2 aliphatic rings. The molecule has 1 amide bonds. The summed E-state index contributed by atoms with van der Waals surface area (Å²) < 4.78 is 26.8. The summed E-state index contributed by atoms with van der Waals surface area (Å²) in [4.78, 5) is 17.3. The molecule has 1 N–H and O–H groups in total. The molecule has 0 unspecified atom stereocenters. The molecular formula is C19H21N3O3S2. The highest BCUT2D eigenvalue weighted by Gasteiger charge is 2.31. The first-order chi connectivity index (χ1) is 12.9. The van der Waals surface area contributed by atoms with Crippen LogP contribution in [0.15, 0.2) is 29.7 Å². The van der Waals surface area contributed by atoms with Crippen LogP contribution in [0, 0.1) is 12.8 Å². The Morgan fingerprint density at radius 3 is 2.74 bits per heavy atom. The summed E-state index contributed by atoms with van der Waals surface area (Å²) in [5.41, 5.74) is 2.87. The van der Waals surface area contributed by atoms with Crippen molar-refractivity contribution in [1.82, 2.24) is 9.29 Å². The number of amides is 1. The number of aryl methyl sites for hydroxylation is 1. The quantitative estimate of drug-likeness (QED) is 0.832. The van der Waals surface area contributed by atoms with Crippen LogP contribution in [0.3, 0.4) is 0 Å². The van der Waals surface area contributed by atoms with Crippen LogP contribution in [-0.4, -0.2) is 30.2 Å². The van der Waals surface area contributed by atoms with Crippen molar-refractivity contribution >= 4 is 38.5 Å². The number of nitrogens with one attached hydrogen (secondary N) is 1. The van der Waals surface area contributed by atoms with Gasteiger partial charge in [0.25, 0.3) is 0 Å². The number of benzene rings is 1. The van der Waals surface area contributed by atoms with Gasteiger partial charge in [-0.15, -0.1) is 11.3 Å². The molecule has 8 heteroatoms. The van der Waals surface area contributed by atoms with Crippen LogP contribution in [0.5, 0.6) is 0 Å². The number of aromatic nitrogens is 1. The summed E-state index contributed by atoms with van der Waals surface area (Å²) in [5.74, 6) is 0.140. The lowest BCUT2D eigenvalue weighted by Gasteiger charge is -2.23. The molecule has 4 rings (SSSR count). The second-order valence-corrected chi connectivity index (χ2v) is 9.90. The number of thiazole rings is 1. The molecule has 27 heavy (non-hydrogen) atoms. The van der Waals surface area contributed by atoms with E-state index in [2.05, 4.69) is 10.3 Å². The molecule has 0 atom stereocenters. The van der Waals surface area contributed by atoms with Gasteiger partial charge in [-0.3, -0.25) is 4.79 Å². The minimum absolute atomic E-state index is 0.0200. The van der Waals surface area contributed by atoms with Crippen molar-refractivity contribution < 1.29 is 13.2 Å². The van der Waals surface area contributed by atoms with Gasteiger partial charge in [0.2, 0.25) is 15.9 Å². The molecule has 1 saturated carbocycles. The molecular weight excluding hydrogens is 382 g/mol. The first-order valence-electron chi connectivity index (χ1n) is 8.95. The van der Waals surface area contributed by atoms with E-state index in [9.17, 15) is 13.2 Å². The van der Waals surface area contributed by atoms with Crippen molar-refractivity contribution in [2.75, 3.05) is 11.9 Å². The third-order valence-corrected chi connectivity index (χ3v) is 7.25. The Hall–Kier alpha value is -2.03. The van der Waals surface area contributed by atoms with Crippen LogP contribution < -0.4 is 5.32 Å². The fourth-order valence-electron chi connectivity index (χ4n) is 2.92. The zero-order valence-corrected chi connectivity index (χ0v) is 16.6. The Morgan fingerprint density at radius 2 is 2.04 bits per heavy atom. The second-order valence-electron chi connectivity index (χ2n) is 6.99. The van der Waals surface area contributed by atoms with E-state index < -0.39 is 10.0 Å². The molecule has 1 aromatic heterocycles. The normalized spacial score (nSPS) is 17.8. The molecule has 1 aromatic carbocycles. The Morgan fingerprint density at radius 1 is 1.30 bits per heavy atom.